The molecule has 0 aliphatic carbocycles. The molecule has 2 aromatic heterocycles. The van der Waals surface area contributed by atoms with E-state index in [0.717, 1.165) is 10.9 Å². The molecule has 2 aromatic carbocycles. The Kier molecular flexibility index (Phi) is 15.4. The van der Waals surface area contributed by atoms with Gasteiger partial charge in [-0.05, 0) is 85.2 Å². The first-order chi connectivity index (χ1) is 27.6. The van der Waals surface area contributed by atoms with E-state index in [1.54, 1.807) is 42.5 Å². The summed E-state index contributed by atoms with van der Waals surface area (Å²) in [6.07, 6.45) is -0.975. The van der Waals surface area contributed by atoms with E-state index in [9.17, 15) is 39.4 Å². The van der Waals surface area contributed by atoms with Crippen molar-refractivity contribution in [3.05, 3.63) is 83.6 Å². The molecule has 0 saturated heterocycles. The van der Waals surface area contributed by atoms with E-state index in [1.807, 2.05) is 19.9 Å². The van der Waals surface area contributed by atoms with Gasteiger partial charge in [0.2, 0.25) is 23.0 Å². The maximum absolute atomic E-state index is 14.9. The number of nitriles is 1. The minimum atomic E-state index is -3.18. The monoisotopic (exact) mass is 797 g/mol. The van der Waals surface area contributed by atoms with Crippen LogP contribution in [-0.4, -0.2) is 94.9 Å². The maximum atomic E-state index is 14.9. The smallest absolute Gasteiger partial charge is 0.338 e. The van der Waals surface area contributed by atoms with Crippen molar-refractivity contribution in [2.75, 3.05) is 6.54 Å². The number of nitrogens with two attached hydrogens (primary N) is 3. The molecule has 8 N–H and O–H groups in total. The molecule has 4 rings (SSSR count). The van der Waals surface area contributed by atoms with Crippen molar-refractivity contribution >= 4 is 40.5 Å². The maximum Gasteiger partial charge on any atom is 0.338 e. The minimum absolute atomic E-state index is 0.00395. The average molecular weight is 798 g/mol. The number of fused-ring (bicyclic) bond motifs is 1. The highest BCUT2D eigenvalue weighted by atomic mass is 16.7. The number of aromatic nitrogens is 4. The summed E-state index contributed by atoms with van der Waals surface area (Å²) >= 11 is 0. The molecule has 0 spiro atoms. The number of aliphatic carboxylic acids is 1. The number of rotatable bonds is 21. The number of hydrogen-bond donors (Lipinski definition) is 5. The van der Waals surface area contributed by atoms with Crippen LogP contribution in [0.2, 0.25) is 0 Å². The predicted molar refractivity (Wildman–Crippen MR) is 211 cm³/mol. The van der Waals surface area contributed by atoms with Crippen LogP contribution in [0.3, 0.4) is 0 Å². The van der Waals surface area contributed by atoms with Gasteiger partial charge in [-0.3, -0.25) is 24.1 Å². The summed E-state index contributed by atoms with van der Waals surface area (Å²) < 4.78 is 0. The Hall–Kier alpha value is -5.93. The SMILES string of the molecule is CC(C)C[C@H](N)C(O)CC(=O)N(C(=O)C(N)Cc1ccccc1)C(C(=O)O)(C(=O)CCCCN)[C@@H](C(=O)c1ccc(On2nnc3cccnc32)c(C#N)c1)C(C)C. The zero-order chi connectivity index (χ0) is 42.7. The molecule has 0 fully saturated rings. The van der Waals surface area contributed by atoms with E-state index in [-0.39, 0.29) is 65.6 Å². The van der Waals surface area contributed by atoms with E-state index in [1.165, 1.54) is 32.2 Å². The van der Waals surface area contributed by atoms with Gasteiger partial charge in [0, 0.05) is 24.2 Å². The van der Waals surface area contributed by atoms with Crippen LogP contribution < -0.4 is 22.0 Å². The number of amides is 2. The molecule has 17 heteroatoms. The van der Waals surface area contributed by atoms with E-state index >= 15 is 0 Å². The fourth-order valence-electron chi connectivity index (χ4n) is 7.05. The number of aliphatic hydroxyl groups is 1. The van der Waals surface area contributed by atoms with E-state index in [0.29, 0.717) is 11.1 Å². The summed E-state index contributed by atoms with van der Waals surface area (Å²) in [4.78, 5) is 84.4. The molecule has 308 valence electrons. The lowest BCUT2D eigenvalue weighted by Gasteiger charge is -2.45. The molecule has 0 bridgehead atoms. The Morgan fingerprint density at radius 2 is 1.71 bits per heavy atom. The lowest BCUT2D eigenvalue weighted by Crippen LogP contribution is -2.72. The van der Waals surface area contributed by atoms with Gasteiger partial charge in [-0.1, -0.05) is 62.9 Å². The van der Waals surface area contributed by atoms with Gasteiger partial charge in [-0.2, -0.15) is 5.26 Å². The van der Waals surface area contributed by atoms with Crippen LogP contribution in [-0.2, 0) is 25.6 Å². The van der Waals surface area contributed by atoms with Crippen molar-refractivity contribution in [2.45, 2.75) is 89.9 Å². The predicted octanol–water partition coefficient (Wildman–Crippen LogP) is 2.57. The summed E-state index contributed by atoms with van der Waals surface area (Å²) in [7, 11) is 0. The number of aliphatic hydroxyl groups excluding tert-OH is 1. The van der Waals surface area contributed by atoms with Crippen molar-refractivity contribution in [1.29, 1.82) is 5.26 Å². The van der Waals surface area contributed by atoms with E-state index in [2.05, 4.69) is 15.3 Å². The number of carbonyl (C=O) groups is 5. The number of carboxylic acid groups (broad SMARTS) is 1. The number of nitrogens with zero attached hydrogens (tertiary/aromatic N) is 6. The molecule has 0 aliphatic rings. The second-order valence-corrected chi connectivity index (χ2v) is 15.0. The van der Waals surface area contributed by atoms with Crippen LogP contribution in [0.15, 0.2) is 66.9 Å². The first-order valence-corrected chi connectivity index (χ1v) is 19.1. The third kappa shape index (κ3) is 9.95. The highest BCUT2D eigenvalue weighted by Gasteiger charge is 2.63. The Balaban J connectivity index is 1.91. The number of ketones is 2. The largest absolute Gasteiger partial charge is 0.479 e. The van der Waals surface area contributed by atoms with Gasteiger partial charge in [0.1, 0.15) is 11.6 Å². The molecule has 0 aliphatic heterocycles. The second kappa shape index (κ2) is 20.0. The van der Waals surface area contributed by atoms with Crippen LogP contribution in [0.5, 0.6) is 5.75 Å². The number of unbranched alkanes of at least 4 members (excludes halogenated alkanes) is 1. The number of Topliss-reactive ketones (excluding diaryl/α,β-unsaturated/α-hetero) is 2. The number of carbonyl (C=O) groups excluding carboxylic acids is 4. The first-order valence-electron chi connectivity index (χ1n) is 19.1. The number of carboxylic acids is 1. The topological polar surface area (TPSA) is 284 Å². The Bertz CT molecular complexity index is 2130. The van der Waals surface area contributed by atoms with Crippen LogP contribution in [0, 0.1) is 29.1 Å². The van der Waals surface area contributed by atoms with E-state index in [4.69, 9.17) is 22.0 Å². The number of pyridine rings is 1. The Morgan fingerprint density at radius 3 is 2.33 bits per heavy atom. The van der Waals surface area contributed by atoms with Crippen LogP contribution in [0.1, 0.15) is 81.3 Å². The number of imide groups is 1. The van der Waals surface area contributed by atoms with Gasteiger partial charge in [-0.15, -0.1) is 5.10 Å². The molecule has 2 amide bonds. The van der Waals surface area contributed by atoms with Crippen LogP contribution >= 0.6 is 0 Å². The first kappa shape index (κ1) is 44.8. The highest BCUT2D eigenvalue weighted by molar-refractivity contribution is 6.20. The van der Waals surface area contributed by atoms with Gasteiger partial charge in [0.05, 0.1) is 30.0 Å². The number of hydrogen-bond acceptors (Lipinski definition) is 14. The van der Waals surface area contributed by atoms with Crippen molar-refractivity contribution in [1.82, 2.24) is 25.0 Å². The van der Waals surface area contributed by atoms with Crippen molar-refractivity contribution in [2.24, 2.45) is 35.0 Å². The van der Waals surface area contributed by atoms with Gasteiger partial charge >= 0.3 is 5.97 Å². The summed E-state index contributed by atoms with van der Waals surface area (Å²) in [5.41, 5.74) is 16.0. The third-order valence-electron chi connectivity index (χ3n) is 9.82. The quantitative estimate of drug-likeness (QED) is 0.0460. The molecule has 5 atom stereocenters. The standard InChI is InChI=1S/C41H51N9O8/c1-24(2)19-29(44)32(51)22-35(53)49(39(55)30(45)20-26-11-6-5-7-12-26)41(40(56)57,34(52)14-8-9-17-42)36(25(3)4)37(54)27-15-16-33(28(21-27)23-43)58-50-38-31(47-48-50)13-10-18-46-38/h5-7,10-13,15-16,18,21,24-25,29-30,32,36,51H,8-9,14,17,19-20,22,42,44-45H2,1-4H3,(H,56,57)/t29-,30?,32?,36+,41?/m0/s1. The average Bonchev–Trinajstić information content (AvgIpc) is 3.59. The third-order valence-corrected chi connectivity index (χ3v) is 9.82. The van der Waals surface area contributed by atoms with Crippen LogP contribution in [0.25, 0.3) is 11.2 Å². The van der Waals surface area contributed by atoms with Gasteiger partial charge in [0.25, 0.3) is 0 Å². The van der Waals surface area contributed by atoms with Gasteiger partial charge in [0.15, 0.2) is 17.3 Å². The van der Waals surface area contributed by atoms with E-state index < -0.39 is 77.8 Å². The fourth-order valence-corrected chi connectivity index (χ4v) is 7.05. The number of benzene rings is 2. The Labute approximate surface area is 336 Å². The van der Waals surface area contributed by atoms with Crippen molar-refractivity contribution in [3.63, 3.8) is 0 Å². The highest BCUT2D eigenvalue weighted by Crippen LogP contribution is 2.39. The van der Waals surface area contributed by atoms with Crippen LogP contribution in [0.4, 0.5) is 0 Å². The lowest BCUT2D eigenvalue weighted by molar-refractivity contribution is -0.176. The summed E-state index contributed by atoms with van der Waals surface area (Å²) in [6.45, 7) is 6.80. The zero-order valence-electron chi connectivity index (χ0n) is 33.0. The molecule has 0 saturated carbocycles. The Morgan fingerprint density at radius 1 is 1.00 bits per heavy atom. The van der Waals surface area contributed by atoms with Gasteiger partial charge in [-0.25, -0.2) is 9.78 Å². The lowest BCUT2D eigenvalue weighted by atomic mass is 9.68. The van der Waals surface area contributed by atoms with Crippen molar-refractivity contribution in [3.8, 4) is 11.8 Å². The molecule has 17 nitrogen and oxygen atoms in total. The zero-order valence-corrected chi connectivity index (χ0v) is 33.0. The normalized spacial score (nSPS) is 14.6. The summed E-state index contributed by atoms with van der Waals surface area (Å²) in [6, 6.07) is 14.9. The summed E-state index contributed by atoms with van der Waals surface area (Å²) in [5, 5.41) is 40.6. The van der Waals surface area contributed by atoms with Crippen molar-refractivity contribution < 1.29 is 39.0 Å². The molecule has 0 radical (unpaired) electrons. The molecule has 2 heterocycles. The summed E-state index contributed by atoms with van der Waals surface area (Å²) in [5.74, 6) is -9.59. The molecule has 58 heavy (non-hydrogen) atoms. The molecule has 4 aromatic rings. The molecular weight excluding hydrogens is 747 g/mol. The van der Waals surface area contributed by atoms with Gasteiger partial charge < -0.3 is 32.3 Å². The second-order valence-electron chi connectivity index (χ2n) is 15.0. The molecular formula is C41H51N9O8. The minimum Gasteiger partial charge on any atom is -0.479 e. The fraction of sp³-hybridized carbons (Fsp3) is 0.439. The molecule has 3 unspecified atom stereocenters.